The van der Waals surface area contributed by atoms with Crippen LogP contribution in [0, 0.1) is 5.92 Å². The Morgan fingerprint density at radius 3 is 2.87 bits per heavy atom. The molecule has 2 amide bonds. The molecule has 2 aliphatic heterocycles. The maximum absolute atomic E-state index is 12.5. The SMILES string of the molecule is CC1CCN(CCNC(=O)N2CCCC2c2cccnc2)CC1. The quantitative estimate of drug-likeness (QED) is 0.929. The summed E-state index contributed by atoms with van der Waals surface area (Å²) in [5.74, 6) is 0.852. The van der Waals surface area contributed by atoms with Crippen LogP contribution in [0.4, 0.5) is 4.79 Å². The van der Waals surface area contributed by atoms with Crippen molar-refractivity contribution in [1.82, 2.24) is 20.1 Å². The largest absolute Gasteiger partial charge is 0.337 e. The van der Waals surface area contributed by atoms with Gasteiger partial charge >= 0.3 is 6.03 Å². The molecule has 0 spiro atoms. The summed E-state index contributed by atoms with van der Waals surface area (Å²) in [6, 6.07) is 4.26. The predicted molar refractivity (Wildman–Crippen MR) is 91.2 cm³/mol. The van der Waals surface area contributed by atoms with Crippen LogP contribution in [0.25, 0.3) is 0 Å². The number of carbonyl (C=O) groups excluding carboxylic acids is 1. The fourth-order valence-corrected chi connectivity index (χ4v) is 3.64. The number of aromatic nitrogens is 1. The summed E-state index contributed by atoms with van der Waals surface area (Å²) in [7, 11) is 0. The Bertz CT molecular complexity index is 499. The van der Waals surface area contributed by atoms with Gasteiger partial charge < -0.3 is 15.1 Å². The molecule has 0 aliphatic carbocycles. The van der Waals surface area contributed by atoms with E-state index in [1.165, 1.54) is 25.9 Å². The van der Waals surface area contributed by atoms with Crippen molar-refractivity contribution in [3.8, 4) is 0 Å². The average Bonchev–Trinajstić information content (AvgIpc) is 3.07. The second-order valence-corrected chi connectivity index (χ2v) is 6.89. The van der Waals surface area contributed by atoms with E-state index in [9.17, 15) is 4.79 Å². The summed E-state index contributed by atoms with van der Waals surface area (Å²) >= 11 is 0. The van der Waals surface area contributed by atoms with Crippen molar-refractivity contribution < 1.29 is 4.79 Å². The number of carbonyl (C=O) groups is 1. The van der Waals surface area contributed by atoms with Crippen molar-refractivity contribution in [2.75, 3.05) is 32.7 Å². The van der Waals surface area contributed by atoms with Crippen LogP contribution in [0.3, 0.4) is 0 Å². The number of amides is 2. The van der Waals surface area contributed by atoms with Crippen LogP contribution in [0.2, 0.25) is 0 Å². The van der Waals surface area contributed by atoms with Crippen molar-refractivity contribution in [2.24, 2.45) is 5.92 Å². The highest BCUT2D eigenvalue weighted by molar-refractivity contribution is 5.75. The third-order valence-corrected chi connectivity index (χ3v) is 5.16. The van der Waals surface area contributed by atoms with Crippen molar-refractivity contribution in [2.45, 2.75) is 38.6 Å². The van der Waals surface area contributed by atoms with Gasteiger partial charge in [0.25, 0.3) is 0 Å². The van der Waals surface area contributed by atoms with Crippen LogP contribution in [0.5, 0.6) is 0 Å². The number of piperidine rings is 1. The molecule has 1 N–H and O–H groups in total. The van der Waals surface area contributed by atoms with E-state index >= 15 is 0 Å². The molecule has 5 heteroatoms. The fraction of sp³-hybridized carbons (Fsp3) is 0.667. The van der Waals surface area contributed by atoms with E-state index < -0.39 is 0 Å². The summed E-state index contributed by atoms with van der Waals surface area (Å²) in [5.41, 5.74) is 1.14. The molecule has 0 radical (unpaired) electrons. The van der Waals surface area contributed by atoms with Crippen molar-refractivity contribution >= 4 is 6.03 Å². The summed E-state index contributed by atoms with van der Waals surface area (Å²) in [6.07, 6.45) is 8.32. The molecule has 5 nitrogen and oxygen atoms in total. The van der Waals surface area contributed by atoms with E-state index in [1.54, 1.807) is 6.20 Å². The number of nitrogens with one attached hydrogen (secondary N) is 1. The highest BCUT2D eigenvalue weighted by Crippen LogP contribution is 2.31. The zero-order chi connectivity index (χ0) is 16.1. The second kappa shape index (κ2) is 7.77. The first-order chi connectivity index (χ1) is 11.2. The van der Waals surface area contributed by atoms with Gasteiger partial charge in [0.1, 0.15) is 0 Å². The molecule has 1 aromatic heterocycles. The first-order valence-electron chi connectivity index (χ1n) is 8.91. The zero-order valence-corrected chi connectivity index (χ0v) is 14.1. The summed E-state index contributed by atoms with van der Waals surface area (Å²) in [6.45, 7) is 7.20. The average molecular weight is 316 g/mol. The highest BCUT2D eigenvalue weighted by atomic mass is 16.2. The minimum atomic E-state index is 0.0710. The van der Waals surface area contributed by atoms with Crippen molar-refractivity contribution in [3.05, 3.63) is 30.1 Å². The number of pyridine rings is 1. The van der Waals surface area contributed by atoms with Gasteiger partial charge in [0.05, 0.1) is 6.04 Å². The molecule has 126 valence electrons. The van der Waals surface area contributed by atoms with Gasteiger partial charge in [0, 0.05) is 32.0 Å². The molecule has 3 heterocycles. The van der Waals surface area contributed by atoms with Crippen LogP contribution < -0.4 is 5.32 Å². The van der Waals surface area contributed by atoms with E-state index in [0.717, 1.165) is 44.0 Å². The summed E-state index contributed by atoms with van der Waals surface area (Å²) < 4.78 is 0. The Kier molecular flexibility index (Phi) is 5.49. The van der Waals surface area contributed by atoms with Crippen LogP contribution in [-0.4, -0.2) is 53.5 Å². The number of urea groups is 1. The van der Waals surface area contributed by atoms with E-state index in [2.05, 4.69) is 28.2 Å². The summed E-state index contributed by atoms with van der Waals surface area (Å²) in [4.78, 5) is 21.1. The molecule has 0 bridgehead atoms. The molecule has 2 fully saturated rings. The predicted octanol–water partition coefficient (Wildman–Crippen LogP) is 2.66. The number of likely N-dealkylation sites (tertiary alicyclic amines) is 2. The molecule has 1 aromatic rings. The van der Waals surface area contributed by atoms with Crippen LogP contribution in [0.15, 0.2) is 24.5 Å². The molecule has 3 rings (SSSR count). The number of rotatable bonds is 4. The highest BCUT2D eigenvalue weighted by Gasteiger charge is 2.29. The summed E-state index contributed by atoms with van der Waals surface area (Å²) in [5, 5.41) is 3.11. The molecule has 2 saturated heterocycles. The van der Waals surface area contributed by atoms with E-state index in [-0.39, 0.29) is 12.1 Å². The van der Waals surface area contributed by atoms with Gasteiger partial charge in [-0.15, -0.1) is 0 Å². The lowest BCUT2D eigenvalue weighted by Gasteiger charge is -2.30. The lowest BCUT2D eigenvalue weighted by Crippen LogP contribution is -2.44. The van der Waals surface area contributed by atoms with Gasteiger partial charge in [-0.1, -0.05) is 13.0 Å². The lowest BCUT2D eigenvalue weighted by molar-refractivity contribution is 0.178. The van der Waals surface area contributed by atoms with Gasteiger partial charge in [-0.2, -0.15) is 0 Å². The van der Waals surface area contributed by atoms with Crippen LogP contribution in [-0.2, 0) is 0 Å². The molecule has 2 aliphatic rings. The van der Waals surface area contributed by atoms with Crippen molar-refractivity contribution in [1.29, 1.82) is 0 Å². The maximum Gasteiger partial charge on any atom is 0.317 e. The Hall–Kier alpha value is -1.62. The van der Waals surface area contributed by atoms with E-state index in [1.807, 2.05) is 17.2 Å². The molecule has 0 aromatic carbocycles. The Morgan fingerprint density at radius 1 is 1.30 bits per heavy atom. The fourth-order valence-electron chi connectivity index (χ4n) is 3.64. The van der Waals surface area contributed by atoms with Gasteiger partial charge in [-0.25, -0.2) is 4.79 Å². The minimum absolute atomic E-state index is 0.0710. The molecule has 1 unspecified atom stereocenters. The second-order valence-electron chi connectivity index (χ2n) is 6.89. The van der Waals surface area contributed by atoms with E-state index in [0.29, 0.717) is 0 Å². The Morgan fingerprint density at radius 2 is 2.13 bits per heavy atom. The van der Waals surface area contributed by atoms with Crippen LogP contribution in [0.1, 0.15) is 44.2 Å². The zero-order valence-electron chi connectivity index (χ0n) is 14.1. The van der Waals surface area contributed by atoms with Gasteiger partial charge in [-0.05, 0) is 56.3 Å². The number of hydrogen-bond acceptors (Lipinski definition) is 3. The third-order valence-electron chi connectivity index (χ3n) is 5.16. The lowest BCUT2D eigenvalue weighted by atomic mass is 9.99. The molecule has 1 atom stereocenters. The van der Waals surface area contributed by atoms with Crippen LogP contribution >= 0.6 is 0 Å². The topological polar surface area (TPSA) is 48.5 Å². The van der Waals surface area contributed by atoms with Gasteiger partial charge in [0.2, 0.25) is 0 Å². The Labute approximate surface area is 139 Å². The first-order valence-corrected chi connectivity index (χ1v) is 8.91. The number of nitrogens with zero attached hydrogens (tertiary/aromatic N) is 3. The smallest absolute Gasteiger partial charge is 0.317 e. The Balaban J connectivity index is 1.46. The molecule has 23 heavy (non-hydrogen) atoms. The maximum atomic E-state index is 12.5. The minimum Gasteiger partial charge on any atom is -0.337 e. The van der Waals surface area contributed by atoms with E-state index in [4.69, 9.17) is 0 Å². The van der Waals surface area contributed by atoms with Gasteiger partial charge in [0.15, 0.2) is 0 Å². The number of hydrogen-bond donors (Lipinski definition) is 1. The van der Waals surface area contributed by atoms with Gasteiger partial charge in [-0.3, -0.25) is 4.98 Å². The van der Waals surface area contributed by atoms with Crippen molar-refractivity contribution in [3.63, 3.8) is 0 Å². The first kappa shape index (κ1) is 16.2. The normalized spacial score (nSPS) is 23.2. The third kappa shape index (κ3) is 4.22. The standard InChI is InChI=1S/C18H28N4O/c1-15-6-11-21(12-7-15)13-9-20-18(23)22-10-3-5-17(22)16-4-2-8-19-14-16/h2,4,8,14-15,17H,3,5-7,9-13H2,1H3,(H,20,23). The molecular weight excluding hydrogens is 288 g/mol. The molecular formula is C18H28N4O. The molecule has 0 saturated carbocycles. The monoisotopic (exact) mass is 316 g/mol.